The van der Waals surface area contributed by atoms with Gasteiger partial charge in [0.2, 0.25) is 0 Å². The van der Waals surface area contributed by atoms with Gasteiger partial charge in [-0.25, -0.2) is 0 Å². The van der Waals surface area contributed by atoms with Gasteiger partial charge in [0.1, 0.15) is 5.54 Å². The zero-order chi connectivity index (χ0) is 15.7. The summed E-state index contributed by atoms with van der Waals surface area (Å²) in [6.07, 6.45) is 4.23. The van der Waals surface area contributed by atoms with E-state index in [1.54, 1.807) is 0 Å². The number of carboxylic acids is 1. The van der Waals surface area contributed by atoms with Crippen molar-refractivity contribution >= 4 is 16.2 Å². The molecule has 0 bridgehead atoms. The number of carbonyl (C=O) groups is 1. The second kappa shape index (κ2) is 6.22. The second-order valence-corrected chi connectivity index (χ2v) is 8.49. The Labute approximate surface area is 127 Å². The Balaban J connectivity index is 2.16. The molecule has 1 aliphatic heterocycles. The Morgan fingerprint density at radius 3 is 2.14 bits per heavy atom. The van der Waals surface area contributed by atoms with E-state index in [0.29, 0.717) is 37.8 Å². The summed E-state index contributed by atoms with van der Waals surface area (Å²) in [6.45, 7) is 5.00. The first-order valence-corrected chi connectivity index (χ1v) is 9.22. The molecule has 0 amide bonds. The molecule has 122 valence electrons. The fourth-order valence-corrected chi connectivity index (χ4v) is 5.44. The monoisotopic (exact) mass is 318 g/mol. The molecule has 21 heavy (non-hydrogen) atoms. The molecular formula is C14H26N2O4S. The molecular weight excluding hydrogens is 292 g/mol. The van der Waals surface area contributed by atoms with Gasteiger partial charge in [0.15, 0.2) is 0 Å². The average Bonchev–Trinajstić information content (AvgIpc) is 2.38. The number of piperidine rings is 1. The van der Waals surface area contributed by atoms with Crippen molar-refractivity contribution in [2.45, 2.75) is 57.9 Å². The first-order chi connectivity index (χ1) is 9.75. The summed E-state index contributed by atoms with van der Waals surface area (Å²) in [7, 11) is -3.75. The van der Waals surface area contributed by atoms with E-state index in [9.17, 15) is 18.3 Å². The van der Waals surface area contributed by atoms with Crippen molar-refractivity contribution in [2.24, 2.45) is 11.8 Å². The summed E-state index contributed by atoms with van der Waals surface area (Å²) in [5.41, 5.74) is -1.32. The maximum absolute atomic E-state index is 12.6. The van der Waals surface area contributed by atoms with Crippen LogP contribution in [0.15, 0.2) is 0 Å². The van der Waals surface area contributed by atoms with Crippen LogP contribution in [0, 0.1) is 11.8 Å². The molecule has 2 atom stereocenters. The number of hydrogen-bond donors (Lipinski definition) is 2. The standard InChI is InChI=1S/C14H26N2O4S/c1-11-8-12(2)10-16(9-11)21(19,20)15-14(13(17)18)6-4-3-5-7-14/h11-12,15H,3-10H2,1-2H3,(H,17,18). The highest BCUT2D eigenvalue weighted by Crippen LogP contribution is 2.31. The Bertz CT molecular complexity index is 475. The highest BCUT2D eigenvalue weighted by Gasteiger charge is 2.45. The fourth-order valence-electron chi connectivity index (χ4n) is 3.63. The third-order valence-electron chi connectivity index (χ3n) is 4.62. The number of nitrogens with one attached hydrogen (secondary N) is 1. The summed E-state index contributed by atoms with van der Waals surface area (Å²) in [5, 5.41) is 9.51. The van der Waals surface area contributed by atoms with E-state index in [1.165, 1.54) is 4.31 Å². The van der Waals surface area contributed by atoms with E-state index in [1.807, 2.05) is 13.8 Å². The molecule has 0 radical (unpaired) electrons. The van der Waals surface area contributed by atoms with Crippen LogP contribution in [-0.4, -0.2) is 42.4 Å². The lowest BCUT2D eigenvalue weighted by Crippen LogP contribution is -2.60. The van der Waals surface area contributed by atoms with Crippen LogP contribution in [0.3, 0.4) is 0 Å². The lowest BCUT2D eigenvalue weighted by Gasteiger charge is -2.39. The van der Waals surface area contributed by atoms with E-state index in [-0.39, 0.29) is 0 Å². The first kappa shape index (κ1) is 16.7. The highest BCUT2D eigenvalue weighted by atomic mass is 32.2. The topological polar surface area (TPSA) is 86.7 Å². The van der Waals surface area contributed by atoms with Gasteiger partial charge in [-0.1, -0.05) is 33.1 Å². The van der Waals surface area contributed by atoms with Crippen molar-refractivity contribution in [3.8, 4) is 0 Å². The van der Waals surface area contributed by atoms with Gasteiger partial charge in [0.25, 0.3) is 10.2 Å². The zero-order valence-electron chi connectivity index (χ0n) is 12.8. The van der Waals surface area contributed by atoms with E-state index in [2.05, 4.69) is 4.72 Å². The SMILES string of the molecule is CC1CC(C)CN(S(=O)(=O)NC2(C(=O)O)CCCCC2)C1. The van der Waals surface area contributed by atoms with Crippen molar-refractivity contribution in [3.63, 3.8) is 0 Å². The van der Waals surface area contributed by atoms with Crippen LogP contribution in [-0.2, 0) is 15.0 Å². The van der Waals surface area contributed by atoms with Crippen LogP contribution >= 0.6 is 0 Å². The van der Waals surface area contributed by atoms with Crippen LogP contribution < -0.4 is 4.72 Å². The molecule has 2 unspecified atom stereocenters. The van der Waals surface area contributed by atoms with Crippen molar-refractivity contribution in [2.75, 3.05) is 13.1 Å². The van der Waals surface area contributed by atoms with Gasteiger partial charge in [-0.05, 0) is 31.1 Å². The van der Waals surface area contributed by atoms with E-state index in [4.69, 9.17) is 0 Å². The molecule has 0 aromatic heterocycles. The summed E-state index contributed by atoms with van der Waals surface area (Å²) >= 11 is 0. The molecule has 0 spiro atoms. The van der Waals surface area contributed by atoms with Crippen LogP contribution in [0.4, 0.5) is 0 Å². The molecule has 0 aromatic carbocycles. The van der Waals surface area contributed by atoms with E-state index >= 15 is 0 Å². The lowest BCUT2D eigenvalue weighted by atomic mass is 9.83. The smallest absolute Gasteiger partial charge is 0.324 e. The number of nitrogens with zero attached hydrogens (tertiary/aromatic N) is 1. The van der Waals surface area contributed by atoms with Gasteiger partial charge in [0.05, 0.1) is 0 Å². The quantitative estimate of drug-likeness (QED) is 0.824. The molecule has 2 N–H and O–H groups in total. The normalized spacial score (nSPS) is 31.0. The predicted octanol–water partition coefficient (Wildman–Crippen LogP) is 1.59. The molecule has 2 aliphatic rings. The van der Waals surface area contributed by atoms with Crippen LogP contribution in [0.1, 0.15) is 52.4 Å². The van der Waals surface area contributed by atoms with Crippen molar-refractivity contribution in [1.29, 1.82) is 0 Å². The number of rotatable bonds is 4. The second-order valence-electron chi connectivity index (χ2n) is 6.82. The maximum Gasteiger partial charge on any atom is 0.324 e. The van der Waals surface area contributed by atoms with Crippen LogP contribution in [0.25, 0.3) is 0 Å². The fraction of sp³-hybridized carbons (Fsp3) is 0.929. The molecule has 6 nitrogen and oxygen atoms in total. The molecule has 2 rings (SSSR count). The van der Waals surface area contributed by atoms with Gasteiger partial charge in [-0.15, -0.1) is 0 Å². The molecule has 2 fully saturated rings. The van der Waals surface area contributed by atoms with Gasteiger partial charge in [-0.2, -0.15) is 17.4 Å². The van der Waals surface area contributed by atoms with E-state index < -0.39 is 21.7 Å². The largest absolute Gasteiger partial charge is 0.480 e. The van der Waals surface area contributed by atoms with Gasteiger partial charge in [0, 0.05) is 13.1 Å². The van der Waals surface area contributed by atoms with Gasteiger partial charge >= 0.3 is 5.97 Å². The summed E-state index contributed by atoms with van der Waals surface area (Å²) in [5.74, 6) is -0.446. The minimum absolute atomic E-state index is 0.303. The van der Waals surface area contributed by atoms with Crippen molar-refractivity contribution in [1.82, 2.24) is 9.03 Å². The lowest BCUT2D eigenvalue weighted by molar-refractivity contribution is -0.145. The Hall–Kier alpha value is -0.660. The maximum atomic E-state index is 12.6. The Morgan fingerprint density at radius 2 is 1.67 bits per heavy atom. The van der Waals surface area contributed by atoms with Crippen LogP contribution in [0.5, 0.6) is 0 Å². The summed E-state index contributed by atoms with van der Waals surface area (Å²) < 4.78 is 29.2. The minimum Gasteiger partial charge on any atom is -0.480 e. The van der Waals surface area contributed by atoms with Crippen molar-refractivity contribution < 1.29 is 18.3 Å². The summed E-state index contributed by atoms with van der Waals surface area (Å²) in [6, 6.07) is 0. The Morgan fingerprint density at radius 1 is 1.14 bits per heavy atom. The third kappa shape index (κ3) is 3.76. The first-order valence-electron chi connectivity index (χ1n) is 7.78. The highest BCUT2D eigenvalue weighted by molar-refractivity contribution is 7.87. The number of hydrogen-bond acceptors (Lipinski definition) is 3. The third-order valence-corrected chi connectivity index (χ3v) is 6.24. The van der Waals surface area contributed by atoms with Gasteiger partial charge < -0.3 is 5.11 Å². The summed E-state index contributed by atoms with van der Waals surface area (Å²) in [4.78, 5) is 11.6. The number of carboxylic acid groups (broad SMARTS) is 1. The molecule has 1 heterocycles. The number of aliphatic carboxylic acids is 1. The zero-order valence-corrected chi connectivity index (χ0v) is 13.7. The van der Waals surface area contributed by atoms with Crippen molar-refractivity contribution in [3.05, 3.63) is 0 Å². The van der Waals surface area contributed by atoms with Gasteiger partial charge in [-0.3, -0.25) is 4.79 Å². The predicted molar refractivity (Wildman–Crippen MR) is 80.0 cm³/mol. The average molecular weight is 318 g/mol. The molecule has 0 aromatic rings. The molecule has 1 saturated carbocycles. The molecule has 1 saturated heterocycles. The minimum atomic E-state index is -3.75. The Kier molecular flexibility index (Phi) is 4.95. The molecule has 1 aliphatic carbocycles. The van der Waals surface area contributed by atoms with E-state index in [0.717, 1.165) is 25.7 Å². The molecule has 7 heteroatoms. The van der Waals surface area contributed by atoms with Crippen LogP contribution in [0.2, 0.25) is 0 Å².